The smallest absolute Gasteiger partial charge is 0.319 e. The maximum atomic E-state index is 14.0. The number of β-amino-alcohol motifs (C(OH)–C–C–N with tert-alkyl or cyclic N) is 1. The third kappa shape index (κ3) is 2.25. The van der Waals surface area contributed by atoms with Crippen molar-refractivity contribution >= 4 is 11.9 Å². The summed E-state index contributed by atoms with van der Waals surface area (Å²) < 4.78 is 14.0. The lowest BCUT2D eigenvalue weighted by Gasteiger charge is -2.25. The molecule has 21 heavy (non-hydrogen) atoms. The molecule has 6 nitrogen and oxygen atoms in total. The number of aliphatic hydroxyl groups excluding tert-OH is 1. The van der Waals surface area contributed by atoms with Crippen molar-refractivity contribution in [2.75, 3.05) is 19.7 Å². The fourth-order valence-corrected chi connectivity index (χ4v) is 2.67. The summed E-state index contributed by atoms with van der Waals surface area (Å²) in [5.41, 5.74) is 1.04. The molecule has 3 amide bonds. The normalized spacial score (nSPS) is 21.2. The van der Waals surface area contributed by atoms with E-state index in [0.29, 0.717) is 11.3 Å². The van der Waals surface area contributed by atoms with Crippen molar-refractivity contribution in [1.29, 1.82) is 0 Å². The van der Waals surface area contributed by atoms with Gasteiger partial charge in [0, 0.05) is 12.1 Å². The van der Waals surface area contributed by atoms with Crippen LogP contribution in [-0.2, 0) is 4.79 Å². The molecular weight excluding hydrogens is 277 g/mol. The molecule has 0 saturated heterocycles. The molecule has 2 aliphatic rings. The number of hydrogen-bond acceptors (Lipinski definition) is 3. The van der Waals surface area contributed by atoms with Gasteiger partial charge in [0.1, 0.15) is 5.82 Å². The molecule has 0 aromatic heterocycles. The van der Waals surface area contributed by atoms with E-state index in [1.54, 1.807) is 12.1 Å². The molecule has 0 aliphatic carbocycles. The topological polar surface area (TPSA) is 81.7 Å². The Hall–Kier alpha value is -2.41. The van der Waals surface area contributed by atoms with Crippen molar-refractivity contribution < 1.29 is 19.1 Å². The van der Waals surface area contributed by atoms with E-state index in [0.717, 1.165) is 0 Å². The van der Waals surface area contributed by atoms with E-state index in [1.807, 2.05) is 0 Å². The average Bonchev–Trinajstić information content (AvgIpc) is 2.75. The van der Waals surface area contributed by atoms with Gasteiger partial charge in [-0.3, -0.25) is 4.79 Å². The number of amides is 3. The Morgan fingerprint density at radius 1 is 1.33 bits per heavy atom. The second-order valence-corrected chi connectivity index (χ2v) is 4.90. The zero-order valence-corrected chi connectivity index (χ0v) is 11.1. The SMILES string of the molecule is O=C1NC2=C(C(=O)N(CCO)C2)[C@H](c2ccccc2F)N1. The summed E-state index contributed by atoms with van der Waals surface area (Å²) in [4.78, 5) is 25.5. The second-order valence-electron chi connectivity index (χ2n) is 4.90. The zero-order valence-electron chi connectivity index (χ0n) is 11.1. The van der Waals surface area contributed by atoms with E-state index in [9.17, 15) is 14.0 Å². The van der Waals surface area contributed by atoms with Crippen LogP contribution in [0.4, 0.5) is 9.18 Å². The zero-order chi connectivity index (χ0) is 15.0. The molecule has 1 aromatic carbocycles. The van der Waals surface area contributed by atoms with Gasteiger partial charge in [-0.25, -0.2) is 9.18 Å². The van der Waals surface area contributed by atoms with Crippen LogP contribution in [0.15, 0.2) is 35.5 Å². The fraction of sp³-hybridized carbons (Fsp3) is 0.286. The molecule has 3 N–H and O–H groups in total. The van der Waals surface area contributed by atoms with Gasteiger partial charge in [-0.15, -0.1) is 0 Å². The Morgan fingerprint density at radius 2 is 2.10 bits per heavy atom. The number of urea groups is 1. The number of nitrogens with zero attached hydrogens (tertiary/aromatic N) is 1. The van der Waals surface area contributed by atoms with Crippen LogP contribution in [0, 0.1) is 5.82 Å². The van der Waals surface area contributed by atoms with Crippen molar-refractivity contribution in [1.82, 2.24) is 15.5 Å². The number of halogens is 1. The van der Waals surface area contributed by atoms with Crippen molar-refractivity contribution in [3.63, 3.8) is 0 Å². The van der Waals surface area contributed by atoms with Crippen LogP contribution in [0.2, 0.25) is 0 Å². The average molecular weight is 291 g/mol. The summed E-state index contributed by atoms with van der Waals surface area (Å²) in [6.07, 6.45) is 0. The number of carbonyl (C=O) groups is 2. The number of aliphatic hydroxyl groups is 1. The van der Waals surface area contributed by atoms with Crippen LogP contribution < -0.4 is 10.6 Å². The Balaban J connectivity index is 2.01. The van der Waals surface area contributed by atoms with Gasteiger partial charge < -0.3 is 20.6 Å². The summed E-state index contributed by atoms with van der Waals surface area (Å²) in [5, 5.41) is 14.1. The van der Waals surface area contributed by atoms with E-state index in [1.165, 1.54) is 17.0 Å². The highest BCUT2D eigenvalue weighted by Crippen LogP contribution is 2.33. The van der Waals surface area contributed by atoms with E-state index in [2.05, 4.69) is 10.6 Å². The lowest BCUT2D eigenvalue weighted by Crippen LogP contribution is -2.44. The van der Waals surface area contributed by atoms with Gasteiger partial charge >= 0.3 is 6.03 Å². The standard InChI is InChI=1S/C14H14FN3O3/c15-9-4-2-1-3-8(9)12-11-10(16-14(21)17-12)7-18(5-6-19)13(11)20/h1-4,12,19H,5-7H2,(H2,16,17,21)/t12-/m0/s1. The maximum Gasteiger partial charge on any atom is 0.319 e. The first kappa shape index (κ1) is 13.6. The summed E-state index contributed by atoms with van der Waals surface area (Å²) in [6.45, 7) is 0.219. The Bertz CT molecular complexity index is 644. The maximum absolute atomic E-state index is 14.0. The van der Waals surface area contributed by atoms with E-state index in [-0.39, 0.29) is 31.2 Å². The third-order valence-electron chi connectivity index (χ3n) is 3.61. The molecule has 0 bridgehead atoms. The molecule has 110 valence electrons. The molecule has 0 unspecified atom stereocenters. The molecule has 1 aromatic rings. The lowest BCUT2D eigenvalue weighted by molar-refractivity contribution is -0.126. The van der Waals surface area contributed by atoms with Crippen molar-refractivity contribution in [3.05, 3.63) is 46.9 Å². The van der Waals surface area contributed by atoms with Crippen LogP contribution in [0.3, 0.4) is 0 Å². The first-order valence-electron chi connectivity index (χ1n) is 6.57. The van der Waals surface area contributed by atoms with E-state index in [4.69, 9.17) is 5.11 Å². The Labute approximate surface area is 120 Å². The molecule has 0 saturated carbocycles. The summed E-state index contributed by atoms with van der Waals surface area (Å²) in [5.74, 6) is -0.787. The highest BCUT2D eigenvalue weighted by atomic mass is 19.1. The summed E-state index contributed by atoms with van der Waals surface area (Å²) in [7, 11) is 0. The highest BCUT2D eigenvalue weighted by molar-refractivity contribution is 6.01. The van der Waals surface area contributed by atoms with Gasteiger partial charge in [-0.05, 0) is 6.07 Å². The molecule has 1 atom stereocenters. The van der Waals surface area contributed by atoms with Gasteiger partial charge in [-0.1, -0.05) is 18.2 Å². The molecule has 2 aliphatic heterocycles. The fourth-order valence-electron chi connectivity index (χ4n) is 2.67. The minimum atomic E-state index is -0.814. The van der Waals surface area contributed by atoms with Gasteiger partial charge in [0.05, 0.1) is 30.5 Å². The quantitative estimate of drug-likeness (QED) is 0.747. The number of hydrogen-bond donors (Lipinski definition) is 3. The summed E-state index contributed by atoms with van der Waals surface area (Å²) >= 11 is 0. The van der Waals surface area contributed by atoms with Crippen molar-refractivity contribution in [3.8, 4) is 0 Å². The minimum absolute atomic E-state index is 0.169. The van der Waals surface area contributed by atoms with Gasteiger partial charge in [0.25, 0.3) is 5.91 Å². The number of rotatable bonds is 3. The molecule has 0 radical (unpaired) electrons. The predicted octanol–water partition coefficient (Wildman–Crippen LogP) is 0.268. The number of carbonyl (C=O) groups excluding carboxylic acids is 2. The van der Waals surface area contributed by atoms with Crippen LogP contribution in [0.1, 0.15) is 11.6 Å². The Morgan fingerprint density at radius 3 is 2.81 bits per heavy atom. The lowest BCUT2D eigenvalue weighted by atomic mass is 9.96. The van der Waals surface area contributed by atoms with Crippen LogP contribution in [0.5, 0.6) is 0 Å². The molecular formula is C14H14FN3O3. The predicted molar refractivity (Wildman–Crippen MR) is 71.5 cm³/mol. The van der Waals surface area contributed by atoms with E-state index < -0.39 is 17.9 Å². The molecule has 0 spiro atoms. The molecule has 2 heterocycles. The van der Waals surface area contributed by atoms with Gasteiger partial charge in [-0.2, -0.15) is 0 Å². The first-order valence-corrected chi connectivity index (χ1v) is 6.57. The number of benzene rings is 1. The molecule has 3 rings (SSSR count). The second kappa shape index (κ2) is 5.17. The van der Waals surface area contributed by atoms with Gasteiger partial charge in [0.15, 0.2) is 0 Å². The van der Waals surface area contributed by atoms with Crippen molar-refractivity contribution in [2.24, 2.45) is 0 Å². The molecule has 7 heteroatoms. The van der Waals surface area contributed by atoms with E-state index >= 15 is 0 Å². The monoisotopic (exact) mass is 291 g/mol. The summed E-state index contributed by atoms with van der Waals surface area (Å²) in [6, 6.07) is 4.74. The highest BCUT2D eigenvalue weighted by Gasteiger charge is 2.40. The largest absolute Gasteiger partial charge is 0.395 e. The first-order chi connectivity index (χ1) is 10.1. The van der Waals surface area contributed by atoms with Crippen LogP contribution in [0.25, 0.3) is 0 Å². The van der Waals surface area contributed by atoms with Crippen LogP contribution >= 0.6 is 0 Å². The van der Waals surface area contributed by atoms with Crippen molar-refractivity contribution in [2.45, 2.75) is 6.04 Å². The third-order valence-corrected chi connectivity index (χ3v) is 3.61. The Kier molecular flexibility index (Phi) is 3.34. The minimum Gasteiger partial charge on any atom is -0.395 e. The van der Waals surface area contributed by atoms with Crippen LogP contribution in [-0.4, -0.2) is 41.6 Å². The number of nitrogens with one attached hydrogen (secondary N) is 2. The molecule has 0 fully saturated rings. The van der Waals surface area contributed by atoms with Gasteiger partial charge in [0.2, 0.25) is 0 Å².